The summed E-state index contributed by atoms with van der Waals surface area (Å²) in [4.78, 5) is 0. The van der Waals surface area contributed by atoms with E-state index in [1.54, 1.807) is 30.3 Å². The zero-order valence-corrected chi connectivity index (χ0v) is 7.98. The fourth-order valence-corrected chi connectivity index (χ4v) is 1.28. The molecule has 15 heavy (non-hydrogen) atoms. The Morgan fingerprint density at radius 1 is 1.27 bits per heavy atom. The summed E-state index contributed by atoms with van der Waals surface area (Å²) < 4.78 is 17.8. The van der Waals surface area contributed by atoms with E-state index >= 15 is 0 Å². The van der Waals surface area contributed by atoms with E-state index in [-0.39, 0.29) is 5.83 Å². The highest BCUT2D eigenvalue weighted by Crippen LogP contribution is 2.21. The predicted molar refractivity (Wildman–Crippen MR) is 56.4 cm³/mol. The lowest BCUT2D eigenvalue weighted by atomic mass is 10.1. The predicted octanol–water partition coefficient (Wildman–Crippen LogP) is 3.49. The van der Waals surface area contributed by atoms with Crippen molar-refractivity contribution in [1.29, 1.82) is 0 Å². The van der Waals surface area contributed by atoms with Gasteiger partial charge in [-0.1, -0.05) is 29.4 Å². The van der Waals surface area contributed by atoms with Gasteiger partial charge in [0.1, 0.15) is 17.8 Å². The van der Waals surface area contributed by atoms with Crippen molar-refractivity contribution in [2.75, 3.05) is 0 Å². The van der Waals surface area contributed by atoms with E-state index in [1.165, 1.54) is 12.3 Å². The number of halogens is 1. The molecule has 2 nitrogen and oxygen atoms in total. The van der Waals surface area contributed by atoms with Crippen molar-refractivity contribution in [3.63, 3.8) is 0 Å². The Balaban J connectivity index is 2.33. The zero-order chi connectivity index (χ0) is 10.7. The first-order valence-electron chi connectivity index (χ1n) is 4.47. The highest BCUT2D eigenvalue weighted by Gasteiger charge is 2.02. The van der Waals surface area contributed by atoms with Crippen LogP contribution in [0.3, 0.4) is 0 Å². The van der Waals surface area contributed by atoms with Gasteiger partial charge in [-0.2, -0.15) is 0 Å². The van der Waals surface area contributed by atoms with Crippen molar-refractivity contribution in [3.8, 4) is 11.3 Å². The maximum Gasteiger partial charge on any atom is 0.126 e. The summed E-state index contributed by atoms with van der Waals surface area (Å²) in [6.45, 7) is 3.37. The molecule has 0 spiro atoms. The number of aromatic nitrogens is 1. The number of nitrogens with zero attached hydrogens (tertiary/aromatic N) is 1. The smallest absolute Gasteiger partial charge is 0.126 e. The van der Waals surface area contributed by atoms with Gasteiger partial charge >= 0.3 is 0 Å². The number of benzene rings is 1. The summed E-state index contributed by atoms with van der Waals surface area (Å²) in [5.74, 6) is -0.332. The molecule has 75 valence electrons. The first-order valence-corrected chi connectivity index (χ1v) is 4.47. The second-order valence-electron chi connectivity index (χ2n) is 3.01. The van der Waals surface area contributed by atoms with Gasteiger partial charge in [0.25, 0.3) is 0 Å². The van der Waals surface area contributed by atoms with E-state index in [4.69, 9.17) is 4.52 Å². The molecule has 0 N–H and O–H groups in total. The number of allylic oxidation sites excluding steroid dienone is 1. The second-order valence-corrected chi connectivity index (χ2v) is 3.01. The highest BCUT2D eigenvalue weighted by molar-refractivity contribution is 5.65. The molecule has 0 aliphatic rings. The summed E-state index contributed by atoms with van der Waals surface area (Å²) in [5, 5.41) is 3.79. The third-order valence-corrected chi connectivity index (χ3v) is 2.07. The molecule has 0 atom stereocenters. The first-order chi connectivity index (χ1) is 7.31. The van der Waals surface area contributed by atoms with Crippen LogP contribution in [0.1, 0.15) is 5.56 Å². The molecular weight excluding hydrogens is 193 g/mol. The van der Waals surface area contributed by atoms with Crippen molar-refractivity contribution < 1.29 is 8.91 Å². The van der Waals surface area contributed by atoms with Crippen molar-refractivity contribution in [2.24, 2.45) is 0 Å². The molecule has 1 radical (unpaired) electrons. The van der Waals surface area contributed by atoms with E-state index in [9.17, 15) is 4.39 Å². The molecule has 2 rings (SSSR count). The van der Waals surface area contributed by atoms with E-state index in [0.717, 1.165) is 11.3 Å². The molecule has 1 aromatic heterocycles. The lowest BCUT2D eigenvalue weighted by molar-refractivity contribution is 0.422. The SMILES string of the molecule is [CH2]/C=C(/F)c1ccc(-c2ccon2)cc1. The third-order valence-electron chi connectivity index (χ3n) is 2.07. The molecular formula is C12H9FNO. The minimum Gasteiger partial charge on any atom is -0.364 e. The lowest BCUT2D eigenvalue weighted by Crippen LogP contribution is -1.80. The Bertz CT molecular complexity index is 457. The molecule has 3 heteroatoms. The van der Waals surface area contributed by atoms with E-state index < -0.39 is 0 Å². The Morgan fingerprint density at radius 2 is 2.00 bits per heavy atom. The topological polar surface area (TPSA) is 26.0 Å². The van der Waals surface area contributed by atoms with Crippen molar-refractivity contribution in [1.82, 2.24) is 5.16 Å². The average Bonchev–Trinajstić information content (AvgIpc) is 2.82. The summed E-state index contributed by atoms with van der Waals surface area (Å²) in [6.07, 6.45) is 2.69. The fraction of sp³-hybridized carbons (Fsp3) is 0. The minimum atomic E-state index is -0.332. The minimum absolute atomic E-state index is 0.332. The van der Waals surface area contributed by atoms with Gasteiger partial charge in [0, 0.05) is 17.2 Å². The molecule has 0 bridgehead atoms. The van der Waals surface area contributed by atoms with Crippen molar-refractivity contribution >= 4 is 5.83 Å². The van der Waals surface area contributed by atoms with E-state index in [2.05, 4.69) is 12.1 Å². The number of hydrogen-bond acceptors (Lipinski definition) is 2. The van der Waals surface area contributed by atoms with Crippen molar-refractivity contribution in [2.45, 2.75) is 0 Å². The van der Waals surface area contributed by atoms with Crippen LogP contribution < -0.4 is 0 Å². The second kappa shape index (κ2) is 4.09. The Morgan fingerprint density at radius 3 is 2.53 bits per heavy atom. The normalized spacial score (nSPS) is 11.7. The van der Waals surface area contributed by atoms with Gasteiger partial charge in [0.2, 0.25) is 0 Å². The van der Waals surface area contributed by atoms with Crippen LogP contribution in [0, 0.1) is 6.92 Å². The van der Waals surface area contributed by atoms with Gasteiger partial charge in [0.15, 0.2) is 0 Å². The fourth-order valence-electron chi connectivity index (χ4n) is 1.28. The van der Waals surface area contributed by atoms with Crippen LogP contribution in [0.2, 0.25) is 0 Å². The summed E-state index contributed by atoms with van der Waals surface area (Å²) in [7, 11) is 0. The van der Waals surface area contributed by atoms with Gasteiger partial charge in [-0.15, -0.1) is 0 Å². The van der Waals surface area contributed by atoms with Gasteiger partial charge in [0.05, 0.1) is 0 Å². The monoisotopic (exact) mass is 202 g/mol. The maximum atomic E-state index is 13.1. The third kappa shape index (κ3) is 1.96. The number of hydrogen-bond donors (Lipinski definition) is 0. The molecule has 2 aromatic rings. The summed E-state index contributed by atoms with van der Waals surface area (Å²) in [5.41, 5.74) is 2.14. The molecule has 1 aromatic carbocycles. The van der Waals surface area contributed by atoms with Crippen LogP contribution in [0.5, 0.6) is 0 Å². The number of rotatable bonds is 2. The average molecular weight is 202 g/mol. The van der Waals surface area contributed by atoms with Gasteiger partial charge in [-0.3, -0.25) is 0 Å². The first kappa shape index (κ1) is 9.65. The van der Waals surface area contributed by atoms with Crippen molar-refractivity contribution in [3.05, 3.63) is 55.2 Å². The Labute approximate surface area is 87.0 Å². The van der Waals surface area contributed by atoms with Crippen LogP contribution in [0.15, 0.2) is 47.2 Å². The quantitative estimate of drug-likeness (QED) is 0.745. The highest BCUT2D eigenvalue weighted by atomic mass is 19.1. The Kier molecular flexibility index (Phi) is 2.63. The van der Waals surface area contributed by atoms with Crippen LogP contribution in [0.4, 0.5) is 4.39 Å². The zero-order valence-electron chi connectivity index (χ0n) is 7.98. The standard InChI is InChI=1S/C12H9FNO/c1-2-11(13)9-3-5-10(6-4-9)12-7-8-15-14-12/h2-8H,1H2/b11-2+. The lowest BCUT2D eigenvalue weighted by Gasteiger charge is -1.98. The maximum absolute atomic E-state index is 13.1. The Hall–Kier alpha value is -1.90. The molecule has 0 aliphatic heterocycles. The molecule has 0 aliphatic carbocycles. The van der Waals surface area contributed by atoms with Crippen LogP contribution >= 0.6 is 0 Å². The van der Waals surface area contributed by atoms with Gasteiger partial charge < -0.3 is 4.52 Å². The molecule has 0 fully saturated rings. The summed E-state index contributed by atoms with van der Waals surface area (Å²) in [6, 6.07) is 8.69. The molecule has 1 heterocycles. The van der Waals surface area contributed by atoms with Crippen LogP contribution in [0.25, 0.3) is 17.1 Å². The molecule has 0 saturated carbocycles. The summed E-state index contributed by atoms with van der Waals surface area (Å²) >= 11 is 0. The molecule has 0 unspecified atom stereocenters. The molecule has 0 saturated heterocycles. The van der Waals surface area contributed by atoms with Gasteiger partial charge in [-0.05, 0) is 13.0 Å². The van der Waals surface area contributed by atoms with Crippen LogP contribution in [-0.4, -0.2) is 5.16 Å². The van der Waals surface area contributed by atoms with Crippen LogP contribution in [-0.2, 0) is 0 Å². The van der Waals surface area contributed by atoms with E-state index in [1.807, 2.05) is 0 Å². The van der Waals surface area contributed by atoms with E-state index in [0.29, 0.717) is 5.56 Å². The molecule has 0 amide bonds. The van der Waals surface area contributed by atoms with Gasteiger partial charge in [-0.25, -0.2) is 4.39 Å². The largest absolute Gasteiger partial charge is 0.364 e.